The molecule has 0 atom stereocenters. The molecule has 2 heterocycles. The maximum absolute atomic E-state index is 12.9. The SMILES string of the molecule is O=C(CSc1nc2ccc(Cl)cc2[nH]1)Nc1cc(S(=O)(=O)N2CCCCC2)ccc1Cl. The minimum absolute atomic E-state index is 0.0764. The lowest BCUT2D eigenvalue weighted by atomic mass is 10.2. The van der Waals surface area contributed by atoms with Gasteiger partial charge in [-0.05, 0) is 49.2 Å². The van der Waals surface area contributed by atoms with Crippen molar-refractivity contribution in [2.75, 3.05) is 24.2 Å². The monoisotopic (exact) mass is 498 g/mol. The molecule has 7 nitrogen and oxygen atoms in total. The second-order valence-electron chi connectivity index (χ2n) is 7.15. The van der Waals surface area contributed by atoms with Gasteiger partial charge in [0.2, 0.25) is 15.9 Å². The maximum atomic E-state index is 12.9. The summed E-state index contributed by atoms with van der Waals surface area (Å²) in [7, 11) is -3.62. The molecule has 1 aromatic heterocycles. The third-order valence-electron chi connectivity index (χ3n) is 4.93. The van der Waals surface area contributed by atoms with E-state index >= 15 is 0 Å². The zero-order valence-electron chi connectivity index (χ0n) is 16.4. The Hall–Kier alpha value is -1.78. The summed E-state index contributed by atoms with van der Waals surface area (Å²) >= 11 is 13.4. The van der Waals surface area contributed by atoms with Crippen LogP contribution in [0.4, 0.5) is 5.69 Å². The average Bonchev–Trinajstić information content (AvgIpc) is 3.16. The number of imidazole rings is 1. The zero-order valence-corrected chi connectivity index (χ0v) is 19.5. The molecule has 1 amide bonds. The number of carbonyl (C=O) groups excluding carboxylic acids is 1. The van der Waals surface area contributed by atoms with Crippen molar-refractivity contribution in [3.63, 3.8) is 0 Å². The molecule has 0 aliphatic carbocycles. The van der Waals surface area contributed by atoms with Gasteiger partial charge in [0.25, 0.3) is 0 Å². The van der Waals surface area contributed by atoms with E-state index in [1.54, 1.807) is 18.2 Å². The summed E-state index contributed by atoms with van der Waals surface area (Å²) in [6.07, 6.45) is 2.73. The number of carbonyl (C=O) groups is 1. The quantitative estimate of drug-likeness (QED) is 0.477. The van der Waals surface area contributed by atoms with Crippen molar-refractivity contribution in [1.29, 1.82) is 0 Å². The molecular formula is C20H20Cl2N4O3S2. The van der Waals surface area contributed by atoms with Gasteiger partial charge < -0.3 is 10.3 Å². The lowest BCUT2D eigenvalue weighted by molar-refractivity contribution is -0.113. The summed E-state index contributed by atoms with van der Waals surface area (Å²) in [5.41, 5.74) is 1.81. The van der Waals surface area contributed by atoms with Crippen LogP contribution < -0.4 is 5.32 Å². The largest absolute Gasteiger partial charge is 0.333 e. The number of fused-ring (bicyclic) bond motifs is 1. The Morgan fingerprint density at radius 3 is 2.68 bits per heavy atom. The first-order valence-corrected chi connectivity index (χ1v) is 12.9. The Labute approximate surface area is 194 Å². The van der Waals surface area contributed by atoms with E-state index in [0.717, 1.165) is 30.3 Å². The Morgan fingerprint density at radius 1 is 1.13 bits per heavy atom. The molecule has 31 heavy (non-hydrogen) atoms. The summed E-state index contributed by atoms with van der Waals surface area (Å²) in [5.74, 6) is -0.245. The maximum Gasteiger partial charge on any atom is 0.243 e. The summed E-state index contributed by atoms with van der Waals surface area (Å²) in [6, 6.07) is 9.69. The molecule has 2 N–H and O–H groups in total. The van der Waals surface area contributed by atoms with Crippen LogP contribution in [-0.2, 0) is 14.8 Å². The van der Waals surface area contributed by atoms with Gasteiger partial charge in [-0.3, -0.25) is 4.79 Å². The number of thioether (sulfide) groups is 1. The number of H-pyrrole nitrogens is 1. The van der Waals surface area contributed by atoms with Gasteiger partial charge in [-0.1, -0.05) is 41.4 Å². The first-order valence-electron chi connectivity index (χ1n) is 9.70. The van der Waals surface area contributed by atoms with Gasteiger partial charge in [-0.25, -0.2) is 13.4 Å². The van der Waals surface area contributed by atoms with Gasteiger partial charge >= 0.3 is 0 Å². The molecule has 3 aromatic rings. The first-order chi connectivity index (χ1) is 14.8. The lowest BCUT2D eigenvalue weighted by Crippen LogP contribution is -2.35. The number of sulfonamides is 1. The van der Waals surface area contributed by atoms with Crippen molar-refractivity contribution < 1.29 is 13.2 Å². The average molecular weight is 499 g/mol. The third kappa shape index (κ3) is 5.18. The standard InChI is InChI=1S/C20H20Cl2N4O3S2/c21-13-4-7-16-18(10-13)25-20(24-16)30-12-19(27)23-17-11-14(5-6-15(17)22)31(28,29)26-8-2-1-3-9-26/h4-7,10-11H,1-3,8-9,12H2,(H,23,27)(H,24,25). The molecule has 1 aliphatic heterocycles. The smallest absolute Gasteiger partial charge is 0.243 e. The van der Waals surface area contributed by atoms with Gasteiger partial charge in [0.1, 0.15) is 0 Å². The molecule has 0 spiro atoms. The highest BCUT2D eigenvalue weighted by molar-refractivity contribution is 7.99. The Balaban J connectivity index is 1.44. The number of hydrogen-bond donors (Lipinski definition) is 2. The normalized spacial score (nSPS) is 15.3. The number of halogens is 2. The number of nitrogens with zero attached hydrogens (tertiary/aromatic N) is 2. The molecule has 0 bridgehead atoms. The number of aromatic amines is 1. The molecule has 1 fully saturated rings. The second-order valence-corrected chi connectivity index (χ2v) is 10.9. The first kappa shape index (κ1) is 22.4. The summed E-state index contributed by atoms with van der Waals surface area (Å²) in [4.78, 5) is 20.1. The van der Waals surface area contributed by atoms with Crippen molar-refractivity contribution in [2.45, 2.75) is 29.3 Å². The van der Waals surface area contributed by atoms with Gasteiger partial charge in [-0.2, -0.15) is 4.31 Å². The Kier molecular flexibility index (Phi) is 6.78. The highest BCUT2D eigenvalue weighted by atomic mass is 35.5. The van der Waals surface area contributed by atoms with Crippen LogP contribution >= 0.6 is 35.0 Å². The van der Waals surface area contributed by atoms with Gasteiger partial charge in [0, 0.05) is 18.1 Å². The number of rotatable bonds is 6. The van der Waals surface area contributed by atoms with E-state index in [4.69, 9.17) is 23.2 Å². The van der Waals surface area contributed by atoms with E-state index in [1.165, 1.54) is 34.3 Å². The lowest BCUT2D eigenvalue weighted by Gasteiger charge is -2.26. The summed E-state index contributed by atoms with van der Waals surface area (Å²) in [6.45, 7) is 1.01. The summed E-state index contributed by atoms with van der Waals surface area (Å²) in [5, 5.41) is 4.15. The van der Waals surface area contributed by atoms with Crippen molar-refractivity contribution in [2.24, 2.45) is 0 Å². The van der Waals surface area contributed by atoms with Crippen LogP contribution in [0.1, 0.15) is 19.3 Å². The molecule has 0 saturated carbocycles. The number of piperidine rings is 1. The van der Waals surface area contributed by atoms with E-state index in [9.17, 15) is 13.2 Å². The van der Waals surface area contributed by atoms with Crippen LogP contribution in [0.5, 0.6) is 0 Å². The van der Waals surface area contributed by atoms with Crippen molar-refractivity contribution in [1.82, 2.24) is 14.3 Å². The Morgan fingerprint density at radius 2 is 1.90 bits per heavy atom. The van der Waals surface area contributed by atoms with Crippen molar-refractivity contribution in [3.05, 3.63) is 46.4 Å². The highest BCUT2D eigenvalue weighted by Gasteiger charge is 2.26. The molecule has 4 rings (SSSR count). The molecule has 11 heteroatoms. The fourth-order valence-corrected chi connectivity index (χ4v) is 5.93. The van der Waals surface area contributed by atoms with Gasteiger partial charge in [0.15, 0.2) is 5.16 Å². The molecule has 1 aliphatic rings. The number of hydrogen-bond acceptors (Lipinski definition) is 5. The van der Waals surface area contributed by atoms with Crippen molar-refractivity contribution >= 4 is 67.6 Å². The van der Waals surface area contributed by atoms with E-state index in [0.29, 0.717) is 23.3 Å². The fourth-order valence-electron chi connectivity index (χ4n) is 3.36. The van der Waals surface area contributed by atoms with Crippen LogP contribution in [0.15, 0.2) is 46.5 Å². The zero-order chi connectivity index (χ0) is 22.0. The number of anilines is 1. The van der Waals surface area contributed by atoms with Crippen LogP contribution in [0.2, 0.25) is 10.0 Å². The topological polar surface area (TPSA) is 95.2 Å². The van der Waals surface area contributed by atoms with Gasteiger partial charge in [0.05, 0.1) is 32.4 Å². The molecule has 0 radical (unpaired) electrons. The Bertz CT molecular complexity index is 1220. The molecule has 2 aromatic carbocycles. The minimum atomic E-state index is -3.62. The van der Waals surface area contributed by atoms with E-state index < -0.39 is 10.0 Å². The number of aromatic nitrogens is 2. The van der Waals surface area contributed by atoms with Gasteiger partial charge in [-0.15, -0.1) is 0 Å². The molecule has 0 unspecified atom stereocenters. The second kappa shape index (κ2) is 9.38. The third-order valence-corrected chi connectivity index (χ3v) is 8.26. The fraction of sp³-hybridized carbons (Fsp3) is 0.300. The van der Waals surface area contributed by atoms with Crippen LogP contribution in [0.3, 0.4) is 0 Å². The molecule has 1 saturated heterocycles. The number of benzene rings is 2. The number of nitrogens with one attached hydrogen (secondary N) is 2. The predicted molar refractivity (Wildman–Crippen MR) is 125 cm³/mol. The molecule has 164 valence electrons. The molecular weight excluding hydrogens is 479 g/mol. The number of amides is 1. The van der Waals surface area contributed by atoms with Crippen molar-refractivity contribution in [3.8, 4) is 0 Å². The summed E-state index contributed by atoms with van der Waals surface area (Å²) < 4.78 is 27.3. The minimum Gasteiger partial charge on any atom is -0.333 e. The van der Waals surface area contributed by atoms with E-state index in [1.807, 2.05) is 0 Å². The highest BCUT2D eigenvalue weighted by Crippen LogP contribution is 2.29. The van der Waals surface area contributed by atoms with Crippen LogP contribution in [0, 0.1) is 0 Å². The predicted octanol–water partition coefficient (Wildman–Crippen LogP) is 4.78. The van der Waals surface area contributed by atoms with E-state index in [2.05, 4.69) is 15.3 Å². The van der Waals surface area contributed by atoms with E-state index in [-0.39, 0.29) is 27.3 Å². The van der Waals surface area contributed by atoms with Crippen LogP contribution in [0.25, 0.3) is 11.0 Å². The van der Waals surface area contributed by atoms with Crippen LogP contribution in [-0.4, -0.2) is 47.4 Å².